The molecule has 0 spiro atoms. The zero-order chi connectivity index (χ0) is 14.4. The molecule has 1 nitrogen and oxygen atoms in total. The van der Waals surface area contributed by atoms with Crippen molar-refractivity contribution in [3.05, 3.63) is 83.4 Å². The van der Waals surface area contributed by atoms with Crippen molar-refractivity contribution in [3.63, 3.8) is 0 Å². The highest BCUT2D eigenvalue weighted by atomic mass is 35.5. The molecule has 0 amide bonds. The molecule has 3 aromatic rings. The minimum Gasteiger partial charge on any atom is -0.289 e. The third kappa shape index (κ3) is 1.75. The molecular formula is C19H11ClO. The Hall–Kier alpha value is -2.38. The molecule has 0 fully saturated rings. The summed E-state index contributed by atoms with van der Waals surface area (Å²) < 4.78 is 0. The molecule has 100 valence electrons. The van der Waals surface area contributed by atoms with Crippen LogP contribution in [0.5, 0.6) is 0 Å². The Morgan fingerprint density at radius 3 is 2.10 bits per heavy atom. The molecule has 1 aliphatic carbocycles. The molecule has 0 atom stereocenters. The van der Waals surface area contributed by atoms with E-state index in [1.54, 1.807) is 0 Å². The molecule has 0 heterocycles. The van der Waals surface area contributed by atoms with Crippen LogP contribution in [-0.4, -0.2) is 5.78 Å². The number of carbonyl (C=O) groups excluding carboxylic acids is 1. The molecule has 0 saturated carbocycles. The van der Waals surface area contributed by atoms with Gasteiger partial charge in [0, 0.05) is 22.1 Å². The minimum atomic E-state index is -0.00417. The van der Waals surface area contributed by atoms with E-state index in [2.05, 4.69) is 0 Å². The number of ketones is 1. The molecule has 0 unspecified atom stereocenters. The highest BCUT2D eigenvalue weighted by Gasteiger charge is 2.27. The maximum Gasteiger partial charge on any atom is 0.195 e. The zero-order valence-corrected chi connectivity index (χ0v) is 11.9. The van der Waals surface area contributed by atoms with Crippen molar-refractivity contribution in [1.82, 2.24) is 0 Å². The van der Waals surface area contributed by atoms with E-state index < -0.39 is 0 Å². The average molecular weight is 291 g/mol. The van der Waals surface area contributed by atoms with Crippen LogP contribution in [0, 0.1) is 0 Å². The standard InChI is InChI=1S/C19H11ClO/c20-18-14-10-4-8-12-9-5-11-15(16(12)14)19(21)17(18)13-6-2-1-3-7-13/h1-11H. The summed E-state index contributed by atoms with van der Waals surface area (Å²) in [6.45, 7) is 0. The summed E-state index contributed by atoms with van der Waals surface area (Å²) in [7, 11) is 0. The van der Waals surface area contributed by atoms with E-state index >= 15 is 0 Å². The van der Waals surface area contributed by atoms with Crippen LogP contribution in [-0.2, 0) is 0 Å². The molecule has 0 aliphatic heterocycles. The van der Waals surface area contributed by atoms with Gasteiger partial charge in [0.05, 0.1) is 5.03 Å². The number of hydrogen-bond donors (Lipinski definition) is 0. The Morgan fingerprint density at radius 2 is 1.38 bits per heavy atom. The maximum atomic E-state index is 12.9. The van der Waals surface area contributed by atoms with Crippen LogP contribution in [0.1, 0.15) is 21.5 Å². The van der Waals surface area contributed by atoms with E-state index in [0.29, 0.717) is 10.6 Å². The van der Waals surface area contributed by atoms with E-state index in [-0.39, 0.29) is 5.78 Å². The molecule has 0 aromatic heterocycles. The number of hydrogen-bond acceptors (Lipinski definition) is 1. The van der Waals surface area contributed by atoms with Crippen LogP contribution in [0.15, 0.2) is 66.7 Å². The lowest BCUT2D eigenvalue weighted by molar-refractivity contribution is 0.105. The smallest absolute Gasteiger partial charge is 0.195 e. The van der Waals surface area contributed by atoms with Gasteiger partial charge in [-0.25, -0.2) is 0 Å². The van der Waals surface area contributed by atoms with Crippen molar-refractivity contribution in [1.29, 1.82) is 0 Å². The summed E-state index contributed by atoms with van der Waals surface area (Å²) in [5.74, 6) is -0.00417. The van der Waals surface area contributed by atoms with Gasteiger partial charge in [0.2, 0.25) is 0 Å². The van der Waals surface area contributed by atoms with Gasteiger partial charge in [-0.1, -0.05) is 78.3 Å². The first kappa shape index (κ1) is 12.4. The zero-order valence-electron chi connectivity index (χ0n) is 11.1. The second kappa shape index (κ2) is 4.57. The van der Waals surface area contributed by atoms with Gasteiger partial charge in [-0.15, -0.1) is 0 Å². The van der Waals surface area contributed by atoms with E-state index in [0.717, 1.165) is 27.5 Å². The fraction of sp³-hybridized carbons (Fsp3) is 0. The van der Waals surface area contributed by atoms with Crippen LogP contribution in [0.4, 0.5) is 0 Å². The normalized spacial score (nSPS) is 13.9. The lowest BCUT2D eigenvalue weighted by Crippen LogP contribution is -2.10. The molecule has 0 saturated heterocycles. The van der Waals surface area contributed by atoms with E-state index in [9.17, 15) is 4.79 Å². The number of benzene rings is 3. The van der Waals surface area contributed by atoms with Gasteiger partial charge >= 0.3 is 0 Å². The number of rotatable bonds is 1. The molecule has 4 rings (SSSR count). The lowest BCUT2D eigenvalue weighted by Gasteiger charge is -2.20. The molecular weight excluding hydrogens is 280 g/mol. The Balaban J connectivity index is 2.11. The molecule has 3 aromatic carbocycles. The Kier molecular flexibility index (Phi) is 2.69. The van der Waals surface area contributed by atoms with Crippen molar-refractivity contribution in [2.45, 2.75) is 0 Å². The third-order valence-corrected chi connectivity index (χ3v) is 4.29. The second-order valence-electron chi connectivity index (χ2n) is 5.09. The van der Waals surface area contributed by atoms with Crippen LogP contribution >= 0.6 is 11.6 Å². The Morgan fingerprint density at radius 1 is 0.714 bits per heavy atom. The van der Waals surface area contributed by atoms with Crippen molar-refractivity contribution in [2.75, 3.05) is 0 Å². The SMILES string of the molecule is O=C1C(c2ccccc2)=C(Cl)c2cccc3cccc1c23. The Labute approximate surface area is 127 Å². The topological polar surface area (TPSA) is 17.1 Å². The number of Topliss-reactive ketones (excluding diaryl/α,β-unsaturated/α-hetero) is 1. The van der Waals surface area contributed by atoms with Crippen LogP contribution < -0.4 is 0 Å². The van der Waals surface area contributed by atoms with E-state index in [1.165, 1.54) is 0 Å². The van der Waals surface area contributed by atoms with Crippen LogP contribution in [0.25, 0.3) is 21.4 Å². The predicted molar refractivity (Wildman–Crippen MR) is 87.4 cm³/mol. The van der Waals surface area contributed by atoms with Crippen molar-refractivity contribution in [2.24, 2.45) is 0 Å². The fourth-order valence-corrected chi connectivity index (χ4v) is 3.30. The summed E-state index contributed by atoms with van der Waals surface area (Å²) in [6.07, 6.45) is 0. The molecule has 1 aliphatic rings. The first-order valence-electron chi connectivity index (χ1n) is 6.79. The number of halogens is 1. The molecule has 2 heteroatoms. The van der Waals surface area contributed by atoms with E-state index in [4.69, 9.17) is 11.6 Å². The second-order valence-corrected chi connectivity index (χ2v) is 5.47. The van der Waals surface area contributed by atoms with Gasteiger partial charge in [-0.2, -0.15) is 0 Å². The van der Waals surface area contributed by atoms with Crippen molar-refractivity contribution >= 4 is 38.8 Å². The summed E-state index contributed by atoms with van der Waals surface area (Å²) in [4.78, 5) is 12.9. The average Bonchev–Trinajstić information content (AvgIpc) is 2.54. The molecule has 0 radical (unpaired) electrons. The quantitative estimate of drug-likeness (QED) is 0.606. The number of allylic oxidation sites excluding steroid dienone is 1. The van der Waals surface area contributed by atoms with Gasteiger partial charge < -0.3 is 0 Å². The van der Waals surface area contributed by atoms with Gasteiger partial charge in [0.1, 0.15) is 0 Å². The largest absolute Gasteiger partial charge is 0.289 e. The third-order valence-electron chi connectivity index (χ3n) is 3.89. The van der Waals surface area contributed by atoms with Crippen LogP contribution in [0.3, 0.4) is 0 Å². The van der Waals surface area contributed by atoms with E-state index in [1.807, 2.05) is 66.7 Å². The monoisotopic (exact) mass is 290 g/mol. The fourth-order valence-electron chi connectivity index (χ4n) is 2.94. The lowest BCUT2D eigenvalue weighted by atomic mass is 9.85. The van der Waals surface area contributed by atoms with Crippen LogP contribution in [0.2, 0.25) is 0 Å². The number of carbonyl (C=O) groups is 1. The van der Waals surface area contributed by atoms with Gasteiger partial charge in [0.25, 0.3) is 0 Å². The minimum absolute atomic E-state index is 0.00417. The van der Waals surface area contributed by atoms with Gasteiger partial charge in [-0.05, 0) is 10.9 Å². The summed E-state index contributed by atoms with van der Waals surface area (Å²) in [6, 6.07) is 21.4. The van der Waals surface area contributed by atoms with Gasteiger partial charge in [0.15, 0.2) is 5.78 Å². The highest BCUT2D eigenvalue weighted by molar-refractivity contribution is 6.61. The molecule has 0 bridgehead atoms. The van der Waals surface area contributed by atoms with Crippen molar-refractivity contribution in [3.8, 4) is 0 Å². The van der Waals surface area contributed by atoms with Gasteiger partial charge in [-0.3, -0.25) is 4.79 Å². The molecule has 21 heavy (non-hydrogen) atoms. The maximum absolute atomic E-state index is 12.9. The predicted octanol–water partition coefficient (Wildman–Crippen LogP) is 5.14. The summed E-state index contributed by atoms with van der Waals surface area (Å²) in [5, 5.41) is 2.54. The highest BCUT2D eigenvalue weighted by Crippen LogP contribution is 2.41. The molecule has 0 N–H and O–H groups in total. The van der Waals surface area contributed by atoms with Crippen molar-refractivity contribution < 1.29 is 4.79 Å². The summed E-state index contributed by atoms with van der Waals surface area (Å²) in [5.41, 5.74) is 3.11. The first-order valence-corrected chi connectivity index (χ1v) is 7.17. The summed E-state index contributed by atoms with van der Waals surface area (Å²) >= 11 is 6.57. The first-order chi connectivity index (χ1) is 10.3. The Bertz CT molecular complexity index is 902.